The fourth-order valence-corrected chi connectivity index (χ4v) is 4.03. The highest BCUT2D eigenvalue weighted by molar-refractivity contribution is 5.97. The quantitative estimate of drug-likeness (QED) is 0.801. The van der Waals surface area contributed by atoms with Gasteiger partial charge in [-0.05, 0) is 36.5 Å². The summed E-state index contributed by atoms with van der Waals surface area (Å²) in [5.74, 6) is -0.165. The lowest BCUT2D eigenvalue weighted by atomic mass is 9.63. The van der Waals surface area contributed by atoms with Crippen molar-refractivity contribution in [2.75, 3.05) is 5.73 Å². The molecule has 0 atom stereocenters. The molecule has 5 nitrogen and oxygen atoms in total. The molecule has 0 spiro atoms. The largest absolute Gasteiger partial charge is 0.395 e. The number of rotatable bonds is 3. The lowest BCUT2D eigenvalue weighted by Gasteiger charge is -2.45. The standard InChI is InChI=1S/C16H28N4O/c1-6-11-12(17)13(20-19-11)14(21)18-10-7-15(2,3)9-16(4,5)8-10/h10H,6-9,17H2,1-5H3,(H,18,21)(H,19,20). The first-order valence-corrected chi connectivity index (χ1v) is 7.77. The van der Waals surface area contributed by atoms with E-state index in [0.29, 0.717) is 11.4 Å². The van der Waals surface area contributed by atoms with E-state index in [1.807, 2.05) is 6.92 Å². The van der Waals surface area contributed by atoms with Crippen LogP contribution in [-0.4, -0.2) is 22.1 Å². The summed E-state index contributed by atoms with van der Waals surface area (Å²) in [6.07, 6.45) is 3.91. The molecule has 1 amide bonds. The van der Waals surface area contributed by atoms with Crippen molar-refractivity contribution in [2.45, 2.75) is 66.3 Å². The van der Waals surface area contributed by atoms with E-state index >= 15 is 0 Å². The third kappa shape index (κ3) is 3.57. The molecule has 0 radical (unpaired) electrons. The summed E-state index contributed by atoms with van der Waals surface area (Å²) < 4.78 is 0. The predicted octanol–water partition coefficient (Wildman–Crippen LogP) is 2.89. The van der Waals surface area contributed by atoms with E-state index < -0.39 is 0 Å². The Morgan fingerprint density at radius 2 is 1.90 bits per heavy atom. The molecule has 2 rings (SSSR count). The van der Waals surface area contributed by atoms with Gasteiger partial charge >= 0.3 is 0 Å². The van der Waals surface area contributed by atoms with Crippen molar-refractivity contribution < 1.29 is 4.79 Å². The fourth-order valence-electron chi connectivity index (χ4n) is 4.03. The van der Waals surface area contributed by atoms with Crippen LogP contribution >= 0.6 is 0 Å². The van der Waals surface area contributed by atoms with Gasteiger partial charge in [-0.3, -0.25) is 9.89 Å². The summed E-state index contributed by atoms with van der Waals surface area (Å²) in [5.41, 5.74) is 8.08. The van der Waals surface area contributed by atoms with Gasteiger partial charge in [-0.2, -0.15) is 5.10 Å². The molecule has 4 N–H and O–H groups in total. The number of aromatic nitrogens is 2. The van der Waals surface area contributed by atoms with Crippen molar-refractivity contribution >= 4 is 11.6 Å². The molecule has 0 bridgehead atoms. The summed E-state index contributed by atoms with van der Waals surface area (Å²) >= 11 is 0. The van der Waals surface area contributed by atoms with E-state index in [1.165, 1.54) is 6.42 Å². The Labute approximate surface area is 127 Å². The summed E-state index contributed by atoms with van der Waals surface area (Å²) in [7, 11) is 0. The molecule has 1 aromatic heterocycles. The molecule has 1 heterocycles. The van der Waals surface area contributed by atoms with E-state index in [-0.39, 0.29) is 22.8 Å². The van der Waals surface area contributed by atoms with Crippen molar-refractivity contribution in [1.82, 2.24) is 15.5 Å². The van der Waals surface area contributed by atoms with Gasteiger partial charge in [0.05, 0.1) is 11.4 Å². The second kappa shape index (κ2) is 5.35. The van der Waals surface area contributed by atoms with Gasteiger partial charge in [-0.25, -0.2) is 0 Å². The number of carbonyl (C=O) groups excluding carboxylic acids is 1. The number of H-pyrrole nitrogens is 1. The lowest BCUT2D eigenvalue weighted by molar-refractivity contribution is 0.0711. The minimum absolute atomic E-state index is 0.165. The Morgan fingerprint density at radius 1 is 1.33 bits per heavy atom. The molecule has 118 valence electrons. The van der Waals surface area contributed by atoms with Gasteiger partial charge in [0.15, 0.2) is 5.69 Å². The van der Waals surface area contributed by atoms with Gasteiger partial charge in [0, 0.05) is 6.04 Å². The van der Waals surface area contributed by atoms with E-state index in [4.69, 9.17) is 5.73 Å². The average Bonchev–Trinajstić information content (AvgIpc) is 2.65. The van der Waals surface area contributed by atoms with Crippen LogP contribution in [0.5, 0.6) is 0 Å². The third-order valence-corrected chi connectivity index (χ3v) is 4.34. The van der Waals surface area contributed by atoms with Crippen LogP contribution in [-0.2, 0) is 6.42 Å². The summed E-state index contributed by atoms with van der Waals surface area (Å²) in [6, 6.07) is 0.178. The van der Waals surface area contributed by atoms with E-state index in [0.717, 1.165) is 25.0 Å². The number of hydrogen-bond donors (Lipinski definition) is 3. The van der Waals surface area contributed by atoms with Gasteiger partial charge in [0.25, 0.3) is 5.91 Å². The highest BCUT2D eigenvalue weighted by atomic mass is 16.2. The van der Waals surface area contributed by atoms with Crippen molar-refractivity contribution in [2.24, 2.45) is 10.8 Å². The molecule has 0 aliphatic heterocycles. The van der Waals surface area contributed by atoms with Crippen LogP contribution in [0.15, 0.2) is 0 Å². The minimum Gasteiger partial charge on any atom is -0.395 e. The SMILES string of the molecule is CCc1[nH]nc(C(=O)NC2CC(C)(C)CC(C)(C)C2)c1N. The number of nitrogens with one attached hydrogen (secondary N) is 2. The monoisotopic (exact) mass is 292 g/mol. The van der Waals surface area contributed by atoms with Crippen LogP contribution < -0.4 is 11.1 Å². The number of nitrogen functional groups attached to an aromatic ring is 1. The van der Waals surface area contributed by atoms with E-state index in [9.17, 15) is 4.79 Å². The van der Waals surface area contributed by atoms with Crippen molar-refractivity contribution in [1.29, 1.82) is 0 Å². The number of hydrogen-bond acceptors (Lipinski definition) is 3. The van der Waals surface area contributed by atoms with Gasteiger partial charge in [0.1, 0.15) is 0 Å². The number of anilines is 1. The Hall–Kier alpha value is -1.52. The zero-order valence-electron chi connectivity index (χ0n) is 13.8. The van der Waals surface area contributed by atoms with Gasteiger partial charge in [-0.15, -0.1) is 0 Å². The molecule has 21 heavy (non-hydrogen) atoms. The Morgan fingerprint density at radius 3 is 2.38 bits per heavy atom. The Kier molecular flexibility index (Phi) is 4.04. The molecule has 1 aromatic rings. The topological polar surface area (TPSA) is 83.8 Å². The lowest BCUT2D eigenvalue weighted by Crippen LogP contribution is -2.46. The second-order valence-corrected chi connectivity index (χ2v) is 7.90. The Bertz CT molecular complexity index is 514. The fraction of sp³-hybridized carbons (Fsp3) is 0.750. The number of carbonyl (C=O) groups is 1. The molecule has 1 aliphatic rings. The highest BCUT2D eigenvalue weighted by Crippen LogP contribution is 2.45. The summed E-state index contributed by atoms with van der Waals surface area (Å²) in [6.45, 7) is 11.1. The number of nitrogens with zero attached hydrogens (tertiary/aromatic N) is 1. The molecule has 1 fully saturated rings. The Balaban J connectivity index is 2.10. The first-order valence-electron chi connectivity index (χ1n) is 7.77. The van der Waals surface area contributed by atoms with Crippen molar-refractivity contribution in [3.8, 4) is 0 Å². The normalized spacial score (nSPS) is 21.2. The number of amides is 1. The van der Waals surface area contributed by atoms with Crippen LogP contribution in [0.3, 0.4) is 0 Å². The van der Waals surface area contributed by atoms with Gasteiger partial charge < -0.3 is 11.1 Å². The van der Waals surface area contributed by atoms with Crippen LogP contribution in [0.1, 0.15) is 70.1 Å². The minimum atomic E-state index is -0.165. The number of aryl methyl sites for hydroxylation is 1. The first-order chi connectivity index (χ1) is 9.63. The maximum absolute atomic E-state index is 12.4. The van der Waals surface area contributed by atoms with Crippen molar-refractivity contribution in [3.05, 3.63) is 11.4 Å². The van der Waals surface area contributed by atoms with E-state index in [1.54, 1.807) is 0 Å². The highest BCUT2D eigenvalue weighted by Gasteiger charge is 2.39. The summed E-state index contributed by atoms with van der Waals surface area (Å²) in [4.78, 5) is 12.4. The zero-order chi connectivity index (χ0) is 15.8. The van der Waals surface area contributed by atoms with Gasteiger partial charge in [0.2, 0.25) is 0 Å². The zero-order valence-corrected chi connectivity index (χ0v) is 13.8. The van der Waals surface area contributed by atoms with Crippen LogP contribution in [0.2, 0.25) is 0 Å². The third-order valence-electron chi connectivity index (χ3n) is 4.34. The van der Waals surface area contributed by atoms with Crippen LogP contribution in [0, 0.1) is 10.8 Å². The second-order valence-electron chi connectivity index (χ2n) is 7.90. The first kappa shape index (κ1) is 15.9. The number of aromatic amines is 1. The molecule has 0 aromatic carbocycles. The molecular weight excluding hydrogens is 264 g/mol. The maximum Gasteiger partial charge on any atom is 0.274 e. The van der Waals surface area contributed by atoms with Crippen LogP contribution in [0.4, 0.5) is 5.69 Å². The van der Waals surface area contributed by atoms with Gasteiger partial charge in [-0.1, -0.05) is 34.6 Å². The predicted molar refractivity (Wildman–Crippen MR) is 85.0 cm³/mol. The molecular formula is C16H28N4O. The average molecular weight is 292 g/mol. The molecule has 0 saturated heterocycles. The van der Waals surface area contributed by atoms with E-state index in [2.05, 4.69) is 43.2 Å². The molecule has 5 heteroatoms. The molecule has 1 saturated carbocycles. The van der Waals surface area contributed by atoms with Crippen LogP contribution in [0.25, 0.3) is 0 Å². The number of nitrogens with two attached hydrogens (primary N) is 1. The molecule has 0 unspecified atom stereocenters. The maximum atomic E-state index is 12.4. The van der Waals surface area contributed by atoms with Crippen molar-refractivity contribution in [3.63, 3.8) is 0 Å². The molecule has 1 aliphatic carbocycles. The smallest absolute Gasteiger partial charge is 0.274 e. The summed E-state index contributed by atoms with van der Waals surface area (Å²) in [5, 5.41) is 10.0.